The minimum absolute atomic E-state index is 0.113. The minimum atomic E-state index is -2.63. The fourth-order valence-electron chi connectivity index (χ4n) is 1.48. The Balaban J connectivity index is 2.85. The Labute approximate surface area is 119 Å². The van der Waals surface area contributed by atoms with E-state index in [2.05, 4.69) is 5.32 Å². The number of nitrogens with one attached hydrogen (secondary N) is 1. The molecule has 1 rings (SSSR count). The van der Waals surface area contributed by atoms with E-state index < -0.39 is 29.6 Å². The molecule has 1 amide bonds. The van der Waals surface area contributed by atoms with Crippen LogP contribution in [-0.2, 0) is 4.79 Å². The molecule has 0 aliphatic rings. The maximum Gasteiger partial charge on any atom is 0.308 e. The van der Waals surface area contributed by atoms with Crippen molar-refractivity contribution in [3.8, 4) is 0 Å². The lowest BCUT2D eigenvalue weighted by atomic mass is 10.0. The number of thioether (sulfide) groups is 1. The Morgan fingerprint density at radius 1 is 1.25 bits per heavy atom. The molecule has 0 spiro atoms. The van der Waals surface area contributed by atoms with Crippen LogP contribution in [0.3, 0.4) is 0 Å². The lowest BCUT2D eigenvalue weighted by Gasteiger charge is -2.18. The highest BCUT2D eigenvalue weighted by atomic mass is 32.2. The highest BCUT2D eigenvalue weighted by molar-refractivity contribution is 7.99. The van der Waals surface area contributed by atoms with Crippen LogP contribution in [0, 0.1) is 5.92 Å². The van der Waals surface area contributed by atoms with E-state index in [9.17, 15) is 18.4 Å². The van der Waals surface area contributed by atoms with Crippen LogP contribution in [0.5, 0.6) is 0 Å². The number of carboxylic acids is 1. The number of carboxylic acid groups (broad SMARTS) is 1. The number of halogens is 2. The van der Waals surface area contributed by atoms with Crippen LogP contribution in [-0.4, -0.2) is 28.8 Å². The van der Waals surface area contributed by atoms with Gasteiger partial charge in [0.1, 0.15) is 0 Å². The van der Waals surface area contributed by atoms with Gasteiger partial charge < -0.3 is 10.4 Å². The molecule has 2 N–H and O–H groups in total. The molecule has 0 bridgehead atoms. The number of aliphatic carboxylic acids is 1. The summed E-state index contributed by atoms with van der Waals surface area (Å²) in [6, 6.07) is 5.38. The molecular weight excluding hydrogens is 288 g/mol. The van der Waals surface area contributed by atoms with Crippen LogP contribution in [0.2, 0.25) is 0 Å². The molecule has 0 aliphatic carbocycles. The van der Waals surface area contributed by atoms with E-state index in [1.54, 1.807) is 19.1 Å². The van der Waals surface area contributed by atoms with Gasteiger partial charge in [-0.25, -0.2) is 0 Å². The third kappa shape index (κ3) is 4.48. The molecule has 1 aromatic carbocycles. The highest BCUT2D eigenvalue weighted by Gasteiger charge is 2.23. The van der Waals surface area contributed by atoms with E-state index in [0.29, 0.717) is 0 Å². The summed E-state index contributed by atoms with van der Waals surface area (Å²) in [5.41, 5.74) is 0.113. The summed E-state index contributed by atoms with van der Waals surface area (Å²) < 4.78 is 24.8. The minimum Gasteiger partial charge on any atom is -0.481 e. The van der Waals surface area contributed by atoms with E-state index in [0.717, 1.165) is 0 Å². The number of hydrogen-bond acceptors (Lipinski definition) is 3. The molecule has 0 heterocycles. The number of benzene rings is 1. The molecule has 2 unspecified atom stereocenters. The summed E-state index contributed by atoms with van der Waals surface area (Å²) in [5, 5.41) is 11.4. The van der Waals surface area contributed by atoms with Crippen LogP contribution < -0.4 is 5.32 Å². The maximum atomic E-state index is 12.4. The fraction of sp³-hybridized carbons (Fsp3) is 0.385. The molecule has 0 aliphatic heterocycles. The van der Waals surface area contributed by atoms with Crippen molar-refractivity contribution in [2.45, 2.75) is 30.5 Å². The summed E-state index contributed by atoms with van der Waals surface area (Å²) in [6.45, 7) is 3.02. The second-order valence-electron chi connectivity index (χ2n) is 4.26. The van der Waals surface area contributed by atoms with Crippen molar-refractivity contribution >= 4 is 23.6 Å². The van der Waals surface area contributed by atoms with Gasteiger partial charge in [-0.1, -0.05) is 23.9 Å². The van der Waals surface area contributed by atoms with Gasteiger partial charge in [0.2, 0.25) is 0 Å². The SMILES string of the molecule is CC(NC(=O)c1ccccc1SC(F)F)C(C)C(=O)O. The third-order valence-electron chi connectivity index (χ3n) is 2.85. The van der Waals surface area contributed by atoms with Crippen molar-refractivity contribution in [2.24, 2.45) is 5.92 Å². The molecular formula is C13H15F2NO3S. The first-order valence-electron chi connectivity index (χ1n) is 5.90. The first-order valence-corrected chi connectivity index (χ1v) is 6.78. The second kappa shape index (κ2) is 7.23. The maximum absolute atomic E-state index is 12.4. The lowest BCUT2D eigenvalue weighted by Crippen LogP contribution is -2.40. The van der Waals surface area contributed by atoms with Gasteiger partial charge in [-0.15, -0.1) is 0 Å². The van der Waals surface area contributed by atoms with Crippen LogP contribution in [0.15, 0.2) is 29.2 Å². The van der Waals surface area contributed by atoms with Crippen LogP contribution in [0.4, 0.5) is 8.78 Å². The summed E-state index contributed by atoms with van der Waals surface area (Å²) in [5.74, 6) is -4.99. The van der Waals surface area contributed by atoms with Gasteiger partial charge in [-0.3, -0.25) is 9.59 Å². The van der Waals surface area contributed by atoms with Crippen LogP contribution >= 0.6 is 11.8 Å². The molecule has 20 heavy (non-hydrogen) atoms. The Morgan fingerprint density at radius 3 is 2.40 bits per heavy atom. The molecule has 4 nitrogen and oxygen atoms in total. The number of alkyl halides is 2. The standard InChI is InChI=1S/C13H15F2NO3S/c1-7(12(18)19)8(2)16-11(17)9-5-3-4-6-10(9)20-13(14)15/h3-8,13H,1-2H3,(H,16,17)(H,18,19). The summed E-state index contributed by atoms with van der Waals surface area (Å²) in [7, 11) is 0. The predicted molar refractivity (Wildman–Crippen MR) is 72.0 cm³/mol. The summed E-state index contributed by atoms with van der Waals surface area (Å²) in [6.07, 6.45) is 0. The Bertz CT molecular complexity index is 496. The number of hydrogen-bond donors (Lipinski definition) is 2. The van der Waals surface area contributed by atoms with E-state index in [-0.39, 0.29) is 22.2 Å². The predicted octanol–water partition coefficient (Wildman–Crippen LogP) is 2.84. The molecule has 0 aromatic heterocycles. The Kier molecular flexibility index (Phi) is 5.94. The van der Waals surface area contributed by atoms with Gasteiger partial charge in [0.05, 0.1) is 11.5 Å². The first kappa shape index (κ1) is 16.4. The number of amides is 1. The molecule has 0 radical (unpaired) electrons. The average Bonchev–Trinajstić information content (AvgIpc) is 2.37. The second-order valence-corrected chi connectivity index (χ2v) is 5.30. The third-order valence-corrected chi connectivity index (χ3v) is 3.63. The number of carbonyl (C=O) groups is 2. The van der Waals surface area contributed by atoms with Crippen molar-refractivity contribution in [1.82, 2.24) is 5.32 Å². The summed E-state index contributed by atoms with van der Waals surface area (Å²) in [4.78, 5) is 23.0. The van der Waals surface area contributed by atoms with Crippen molar-refractivity contribution in [1.29, 1.82) is 0 Å². The monoisotopic (exact) mass is 303 g/mol. The zero-order chi connectivity index (χ0) is 15.3. The summed E-state index contributed by atoms with van der Waals surface area (Å²) >= 11 is 0.285. The largest absolute Gasteiger partial charge is 0.481 e. The van der Waals surface area contributed by atoms with E-state index in [1.807, 2.05) is 0 Å². The van der Waals surface area contributed by atoms with E-state index >= 15 is 0 Å². The van der Waals surface area contributed by atoms with Crippen molar-refractivity contribution in [2.75, 3.05) is 0 Å². The van der Waals surface area contributed by atoms with E-state index in [1.165, 1.54) is 19.1 Å². The van der Waals surface area contributed by atoms with Gasteiger partial charge >= 0.3 is 5.97 Å². The zero-order valence-corrected chi connectivity index (χ0v) is 11.8. The normalized spacial score (nSPS) is 13.8. The van der Waals surface area contributed by atoms with Crippen molar-refractivity contribution < 1.29 is 23.5 Å². The van der Waals surface area contributed by atoms with Crippen LogP contribution in [0.1, 0.15) is 24.2 Å². The molecule has 110 valence electrons. The first-order chi connectivity index (χ1) is 9.32. The molecule has 0 saturated carbocycles. The molecule has 2 atom stereocenters. The van der Waals surface area contributed by atoms with Gasteiger partial charge in [0, 0.05) is 10.9 Å². The average molecular weight is 303 g/mol. The zero-order valence-electron chi connectivity index (χ0n) is 11.0. The number of carbonyl (C=O) groups excluding carboxylic acids is 1. The van der Waals surface area contributed by atoms with Gasteiger partial charge in [0.15, 0.2) is 0 Å². The lowest BCUT2D eigenvalue weighted by molar-refractivity contribution is -0.141. The molecule has 0 fully saturated rings. The van der Waals surface area contributed by atoms with E-state index in [4.69, 9.17) is 5.11 Å². The number of rotatable bonds is 6. The highest BCUT2D eigenvalue weighted by Crippen LogP contribution is 2.28. The fourth-order valence-corrected chi connectivity index (χ4v) is 2.11. The molecule has 1 aromatic rings. The van der Waals surface area contributed by atoms with Crippen molar-refractivity contribution in [3.05, 3.63) is 29.8 Å². The topological polar surface area (TPSA) is 66.4 Å². The Hall–Kier alpha value is -1.63. The van der Waals surface area contributed by atoms with Gasteiger partial charge in [-0.2, -0.15) is 8.78 Å². The van der Waals surface area contributed by atoms with Crippen molar-refractivity contribution in [3.63, 3.8) is 0 Å². The van der Waals surface area contributed by atoms with Gasteiger partial charge in [0.25, 0.3) is 11.7 Å². The molecule has 0 saturated heterocycles. The smallest absolute Gasteiger partial charge is 0.308 e. The molecule has 7 heteroatoms. The quantitative estimate of drug-likeness (QED) is 0.793. The van der Waals surface area contributed by atoms with Crippen LogP contribution in [0.25, 0.3) is 0 Å². The van der Waals surface area contributed by atoms with Gasteiger partial charge in [-0.05, 0) is 26.0 Å². The Morgan fingerprint density at radius 2 is 1.85 bits per heavy atom.